The number of H-pyrrole nitrogens is 1. The van der Waals surface area contributed by atoms with E-state index in [0.29, 0.717) is 18.2 Å². The summed E-state index contributed by atoms with van der Waals surface area (Å²) in [6.07, 6.45) is 4.48. The van der Waals surface area contributed by atoms with Crippen LogP contribution in [-0.4, -0.2) is 28.1 Å². The van der Waals surface area contributed by atoms with Crippen LogP contribution in [0.2, 0.25) is 0 Å². The van der Waals surface area contributed by atoms with Gasteiger partial charge in [-0.1, -0.05) is 55.1 Å². The Morgan fingerprint density at radius 3 is 2.93 bits per heavy atom. The second kappa shape index (κ2) is 5.10. The molecule has 0 radical (unpaired) electrons. The molecule has 4 heteroatoms. The Balaban J connectivity index is 1.44. The third-order valence-corrected chi connectivity index (χ3v) is 6.58. The SMILES string of the molecule is C=Cc1cccc2cc(C(=O)N3C[C@H]4CC45C3=CC(=O)c3ccccc35)[nH]c12. The zero-order chi connectivity index (χ0) is 19.0. The van der Waals surface area contributed by atoms with Crippen LogP contribution in [0.5, 0.6) is 0 Å². The molecule has 1 aromatic heterocycles. The first-order valence-electron chi connectivity index (χ1n) is 9.55. The van der Waals surface area contributed by atoms with E-state index in [-0.39, 0.29) is 17.1 Å². The van der Waals surface area contributed by atoms with Crippen LogP contribution in [-0.2, 0) is 5.41 Å². The van der Waals surface area contributed by atoms with Gasteiger partial charge in [0.05, 0.1) is 5.52 Å². The molecule has 28 heavy (non-hydrogen) atoms. The summed E-state index contributed by atoms with van der Waals surface area (Å²) in [6, 6.07) is 15.6. The normalized spacial score (nSPS) is 24.4. The minimum atomic E-state index is -0.154. The molecule has 2 aromatic carbocycles. The number of amides is 1. The monoisotopic (exact) mass is 366 g/mol. The zero-order valence-corrected chi connectivity index (χ0v) is 15.2. The molecule has 1 N–H and O–H groups in total. The van der Waals surface area contributed by atoms with Crippen molar-refractivity contribution in [3.05, 3.63) is 89.3 Å². The average Bonchev–Trinajstić information content (AvgIpc) is 3.10. The van der Waals surface area contributed by atoms with Crippen molar-refractivity contribution >= 4 is 28.7 Å². The molecule has 3 aromatic rings. The van der Waals surface area contributed by atoms with Crippen molar-refractivity contribution < 1.29 is 9.59 Å². The second-order valence-corrected chi connectivity index (χ2v) is 7.93. The standard InChI is InChI=1S/C24H18N2O2/c1-2-14-6-5-7-15-10-19(25-22(14)15)23(28)26-13-16-12-24(16)18-9-4-3-8-17(18)20(27)11-21(24)26/h2-11,16,25H,1,12-13H2/t16-,24?/m1/s1. The number of piperidine rings is 1. The molecule has 136 valence electrons. The Hall–Kier alpha value is -3.40. The van der Waals surface area contributed by atoms with Gasteiger partial charge in [-0.15, -0.1) is 0 Å². The molecular formula is C24H18N2O2. The molecule has 2 atom stereocenters. The number of aromatic nitrogens is 1. The lowest BCUT2D eigenvalue weighted by molar-refractivity contribution is 0.0806. The van der Waals surface area contributed by atoms with Gasteiger partial charge in [0.1, 0.15) is 5.69 Å². The van der Waals surface area contributed by atoms with Crippen molar-refractivity contribution in [2.45, 2.75) is 11.8 Å². The summed E-state index contributed by atoms with van der Waals surface area (Å²) in [4.78, 5) is 31.1. The molecule has 1 amide bonds. The van der Waals surface area contributed by atoms with Crippen LogP contribution >= 0.6 is 0 Å². The van der Waals surface area contributed by atoms with E-state index in [1.165, 1.54) is 0 Å². The summed E-state index contributed by atoms with van der Waals surface area (Å²) in [5, 5.41) is 0.985. The summed E-state index contributed by atoms with van der Waals surface area (Å²) in [5.74, 6) is 0.313. The number of carbonyl (C=O) groups is 2. The molecule has 1 spiro atoms. The average molecular weight is 366 g/mol. The van der Waals surface area contributed by atoms with E-state index in [1.54, 1.807) is 17.1 Å². The second-order valence-electron chi connectivity index (χ2n) is 7.93. The number of nitrogens with zero attached hydrogens (tertiary/aromatic N) is 1. The largest absolute Gasteiger partial charge is 0.350 e. The molecule has 2 aliphatic carbocycles. The van der Waals surface area contributed by atoms with Crippen molar-refractivity contribution in [2.75, 3.05) is 6.54 Å². The van der Waals surface area contributed by atoms with Gasteiger partial charge in [0.2, 0.25) is 0 Å². The molecule has 1 saturated carbocycles. The Labute approximate surface area is 162 Å². The van der Waals surface area contributed by atoms with E-state index in [9.17, 15) is 9.59 Å². The predicted octanol–water partition coefficient (Wildman–Crippen LogP) is 4.30. The van der Waals surface area contributed by atoms with Crippen molar-refractivity contribution in [1.82, 2.24) is 9.88 Å². The lowest BCUT2D eigenvalue weighted by Crippen LogP contribution is -2.33. The third-order valence-electron chi connectivity index (χ3n) is 6.58. The fourth-order valence-electron chi connectivity index (χ4n) is 5.19. The number of benzene rings is 2. The molecule has 6 rings (SSSR count). The number of fused-ring (bicyclic) bond motifs is 2. The van der Waals surface area contributed by atoms with Gasteiger partial charge in [-0.25, -0.2) is 0 Å². The zero-order valence-electron chi connectivity index (χ0n) is 15.2. The molecule has 2 heterocycles. The van der Waals surface area contributed by atoms with E-state index in [2.05, 4.69) is 11.6 Å². The van der Waals surface area contributed by atoms with E-state index in [4.69, 9.17) is 0 Å². The maximum Gasteiger partial charge on any atom is 0.274 e. The van der Waals surface area contributed by atoms with E-state index >= 15 is 0 Å². The highest BCUT2D eigenvalue weighted by Crippen LogP contribution is 2.66. The Kier molecular flexibility index (Phi) is 2.85. The first-order valence-corrected chi connectivity index (χ1v) is 9.55. The summed E-state index contributed by atoms with van der Waals surface area (Å²) < 4.78 is 0. The maximum atomic E-state index is 13.4. The predicted molar refractivity (Wildman–Crippen MR) is 108 cm³/mol. The molecule has 0 bridgehead atoms. The number of likely N-dealkylation sites (tertiary alicyclic amines) is 1. The number of ketones is 1. The van der Waals surface area contributed by atoms with Crippen LogP contribution in [0.4, 0.5) is 0 Å². The number of allylic oxidation sites excluding steroid dienone is 2. The highest BCUT2D eigenvalue weighted by Gasteiger charge is 2.67. The molecule has 3 aliphatic rings. The van der Waals surface area contributed by atoms with Gasteiger partial charge in [-0.3, -0.25) is 9.59 Å². The quantitative estimate of drug-likeness (QED) is 0.735. The summed E-state index contributed by atoms with van der Waals surface area (Å²) >= 11 is 0. The fraction of sp³-hybridized carbons (Fsp3) is 0.167. The van der Waals surface area contributed by atoms with Crippen LogP contribution in [0.1, 0.15) is 38.4 Å². The van der Waals surface area contributed by atoms with Gasteiger partial charge in [0, 0.05) is 34.7 Å². The molecular weight excluding hydrogens is 348 g/mol. The van der Waals surface area contributed by atoms with Crippen molar-refractivity contribution in [1.29, 1.82) is 0 Å². The first kappa shape index (κ1) is 15.6. The fourth-order valence-corrected chi connectivity index (χ4v) is 5.19. The molecule has 2 fully saturated rings. The number of rotatable bonds is 2. The van der Waals surface area contributed by atoms with Crippen LogP contribution < -0.4 is 0 Å². The minimum absolute atomic E-state index is 0.00725. The smallest absolute Gasteiger partial charge is 0.274 e. The number of nitrogens with one attached hydrogen (secondary N) is 1. The van der Waals surface area contributed by atoms with Gasteiger partial charge >= 0.3 is 0 Å². The van der Waals surface area contributed by atoms with E-state index in [0.717, 1.165) is 39.7 Å². The molecule has 1 unspecified atom stereocenters. The van der Waals surface area contributed by atoms with Crippen molar-refractivity contribution in [2.24, 2.45) is 5.92 Å². The topological polar surface area (TPSA) is 53.2 Å². The lowest BCUT2D eigenvalue weighted by atomic mass is 9.81. The Morgan fingerprint density at radius 2 is 2.07 bits per heavy atom. The van der Waals surface area contributed by atoms with Gasteiger partial charge < -0.3 is 9.88 Å². The molecule has 4 nitrogen and oxygen atoms in total. The minimum Gasteiger partial charge on any atom is -0.350 e. The van der Waals surface area contributed by atoms with Gasteiger partial charge in [0.25, 0.3) is 5.91 Å². The van der Waals surface area contributed by atoms with E-state index in [1.807, 2.05) is 48.5 Å². The molecule has 1 saturated heterocycles. The summed E-state index contributed by atoms with van der Waals surface area (Å²) in [6.45, 7) is 4.51. The summed E-state index contributed by atoms with van der Waals surface area (Å²) in [5.41, 5.74) is 5.02. The summed E-state index contributed by atoms with van der Waals surface area (Å²) in [7, 11) is 0. The van der Waals surface area contributed by atoms with Crippen molar-refractivity contribution in [3.8, 4) is 0 Å². The van der Waals surface area contributed by atoms with Gasteiger partial charge in [-0.05, 0) is 29.5 Å². The first-order chi connectivity index (χ1) is 13.6. The molecule has 1 aliphatic heterocycles. The van der Waals surface area contributed by atoms with Crippen LogP contribution in [0.25, 0.3) is 17.0 Å². The number of hydrogen-bond donors (Lipinski definition) is 1. The van der Waals surface area contributed by atoms with Crippen LogP contribution in [0, 0.1) is 5.92 Å². The Bertz CT molecular complexity index is 1250. The number of hydrogen-bond acceptors (Lipinski definition) is 2. The van der Waals surface area contributed by atoms with Gasteiger partial charge in [0.15, 0.2) is 5.78 Å². The number of aromatic amines is 1. The van der Waals surface area contributed by atoms with Crippen LogP contribution in [0.3, 0.4) is 0 Å². The Morgan fingerprint density at radius 1 is 1.21 bits per heavy atom. The van der Waals surface area contributed by atoms with Crippen molar-refractivity contribution in [3.63, 3.8) is 0 Å². The highest BCUT2D eigenvalue weighted by atomic mass is 16.2. The van der Waals surface area contributed by atoms with Gasteiger partial charge in [-0.2, -0.15) is 0 Å². The van der Waals surface area contributed by atoms with Crippen LogP contribution in [0.15, 0.2) is 66.9 Å². The number of para-hydroxylation sites is 1. The maximum absolute atomic E-state index is 13.4. The van der Waals surface area contributed by atoms with E-state index < -0.39 is 0 Å². The lowest BCUT2D eigenvalue weighted by Gasteiger charge is -2.29. The number of carbonyl (C=O) groups excluding carboxylic acids is 2. The third kappa shape index (κ3) is 1.80. The highest BCUT2D eigenvalue weighted by molar-refractivity contribution is 6.10.